The van der Waals surface area contributed by atoms with Crippen LogP contribution in [0.5, 0.6) is 0 Å². The monoisotopic (exact) mass is 455 g/mol. The van der Waals surface area contributed by atoms with Gasteiger partial charge in [-0.1, -0.05) is 89.6 Å². The van der Waals surface area contributed by atoms with Gasteiger partial charge in [0.05, 0.1) is 6.04 Å². The van der Waals surface area contributed by atoms with Crippen LogP contribution in [0.4, 0.5) is 5.69 Å². The van der Waals surface area contributed by atoms with Crippen molar-refractivity contribution in [3.8, 4) is 11.4 Å². The molecule has 7 heteroatoms. The number of hydrogen-bond acceptors (Lipinski definition) is 5. The van der Waals surface area contributed by atoms with Crippen molar-refractivity contribution in [3.05, 3.63) is 95.1 Å². The number of hydrogen-bond donors (Lipinski definition) is 2. The van der Waals surface area contributed by atoms with Crippen molar-refractivity contribution in [1.29, 1.82) is 0 Å². The first-order chi connectivity index (χ1) is 16.0. The van der Waals surface area contributed by atoms with E-state index in [2.05, 4.69) is 58.2 Å². The summed E-state index contributed by atoms with van der Waals surface area (Å²) in [5.41, 5.74) is 9.73. The number of thioether (sulfide) groups is 1. The first kappa shape index (κ1) is 21.3. The molecule has 0 radical (unpaired) electrons. The molecule has 3 aromatic carbocycles. The van der Waals surface area contributed by atoms with E-state index in [0.717, 1.165) is 28.2 Å². The van der Waals surface area contributed by atoms with Gasteiger partial charge in [0.2, 0.25) is 11.1 Å². The van der Waals surface area contributed by atoms with E-state index >= 15 is 0 Å². The van der Waals surface area contributed by atoms with Crippen molar-refractivity contribution in [1.82, 2.24) is 14.9 Å². The molecule has 2 heterocycles. The maximum absolute atomic E-state index is 13.5. The Morgan fingerprint density at radius 1 is 0.939 bits per heavy atom. The minimum absolute atomic E-state index is 0.0689. The number of benzene rings is 3. The molecule has 166 valence electrons. The third kappa shape index (κ3) is 4.24. The van der Waals surface area contributed by atoms with E-state index in [4.69, 9.17) is 0 Å². The second kappa shape index (κ2) is 8.75. The number of amides is 1. The maximum Gasteiger partial charge on any atom is 0.240 e. The van der Waals surface area contributed by atoms with Crippen LogP contribution in [0.1, 0.15) is 28.3 Å². The van der Waals surface area contributed by atoms with E-state index in [1.54, 1.807) is 0 Å². The predicted octanol–water partition coefficient (Wildman–Crippen LogP) is 5.27. The average Bonchev–Trinajstić information content (AvgIpc) is 3.24. The number of aryl methyl sites for hydroxylation is 3. The first-order valence-electron chi connectivity index (χ1n) is 10.9. The van der Waals surface area contributed by atoms with E-state index in [1.165, 1.54) is 22.9 Å². The Bertz CT molecular complexity index is 1300. The van der Waals surface area contributed by atoms with Gasteiger partial charge < -0.3 is 10.7 Å². The lowest BCUT2D eigenvalue weighted by Crippen LogP contribution is -2.41. The molecule has 1 aliphatic rings. The van der Waals surface area contributed by atoms with Crippen molar-refractivity contribution in [2.75, 3.05) is 10.7 Å². The van der Waals surface area contributed by atoms with Gasteiger partial charge in [-0.25, -0.2) is 4.68 Å². The van der Waals surface area contributed by atoms with Gasteiger partial charge in [0.25, 0.3) is 0 Å². The Balaban J connectivity index is 1.51. The van der Waals surface area contributed by atoms with Crippen LogP contribution in [0, 0.1) is 20.8 Å². The summed E-state index contributed by atoms with van der Waals surface area (Å²) in [5.74, 6) is 0.656. The zero-order chi connectivity index (χ0) is 22.9. The summed E-state index contributed by atoms with van der Waals surface area (Å²) in [4.78, 5) is 13.5. The molecular formula is C26H25N5OS. The molecule has 2 N–H and O–H groups in total. The lowest BCUT2D eigenvalue weighted by Gasteiger charge is -2.33. The highest BCUT2D eigenvalue weighted by Crippen LogP contribution is 2.39. The molecule has 1 amide bonds. The summed E-state index contributed by atoms with van der Waals surface area (Å²) < 4.78 is 1.89. The van der Waals surface area contributed by atoms with Crippen LogP contribution in [0.2, 0.25) is 0 Å². The summed E-state index contributed by atoms with van der Waals surface area (Å²) in [5, 5.41) is 12.2. The normalized spacial score (nSPS) is 17.2. The Kier molecular flexibility index (Phi) is 5.64. The Morgan fingerprint density at radius 3 is 2.39 bits per heavy atom. The standard InChI is InChI=1S/C26H25N5OS/c1-16-9-12-19(13-10-16)22-23(25(32)27-21-14-11-17(2)15-18(21)3)33-26-29-28-24(31(26)30-22)20-7-5-4-6-8-20/h4-15,22-23,30H,1-3H3,(H,27,32). The van der Waals surface area contributed by atoms with E-state index < -0.39 is 5.25 Å². The Morgan fingerprint density at radius 2 is 1.67 bits per heavy atom. The van der Waals surface area contributed by atoms with Gasteiger partial charge in [0, 0.05) is 11.3 Å². The fourth-order valence-corrected chi connectivity index (χ4v) is 5.09. The second-order valence-corrected chi connectivity index (χ2v) is 9.48. The SMILES string of the molecule is Cc1ccc(C2Nn3c(nnc3-c3ccccc3)SC2C(=O)Nc2ccc(C)cc2C)cc1. The van der Waals surface area contributed by atoms with Crippen LogP contribution >= 0.6 is 11.8 Å². The molecule has 6 nitrogen and oxygen atoms in total. The minimum Gasteiger partial charge on any atom is -0.325 e. The Labute approximate surface area is 197 Å². The molecule has 2 unspecified atom stereocenters. The summed E-state index contributed by atoms with van der Waals surface area (Å²) in [6.07, 6.45) is 0. The number of anilines is 1. The summed E-state index contributed by atoms with van der Waals surface area (Å²) in [6, 6.07) is 24.0. The molecule has 0 fully saturated rings. The van der Waals surface area contributed by atoms with Crippen LogP contribution in [0.3, 0.4) is 0 Å². The second-order valence-electron chi connectivity index (χ2n) is 8.37. The predicted molar refractivity (Wildman–Crippen MR) is 133 cm³/mol. The van der Waals surface area contributed by atoms with Crippen LogP contribution in [-0.4, -0.2) is 26.0 Å². The number of rotatable bonds is 4. The molecule has 2 atom stereocenters. The van der Waals surface area contributed by atoms with Crippen LogP contribution in [0.15, 0.2) is 78.0 Å². The Hall–Kier alpha value is -3.58. The summed E-state index contributed by atoms with van der Waals surface area (Å²) in [7, 11) is 0. The number of nitrogens with zero attached hydrogens (tertiary/aromatic N) is 3. The van der Waals surface area contributed by atoms with Crippen LogP contribution in [-0.2, 0) is 4.79 Å². The lowest BCUT2D eigenvalue weighted by atomic mass is 10.0. The quantitative estimate of drug-likeness (QED) is 0.439. The molecule has 33 heavy (non-hydrogen) atoms. The van der Waals surface area contributed by atoms with Crippen molar-refractivity contribution in [2.45, 2.75) is 37.2 Å². The minimum atomic E-state index is -0.422. The molecule has 0 bridgehead atoms. The molecule has 0 saturated carbocycles. The number of aromatic nitrogens is 3. The van der Waals surface area contributed by atoms with Crippen LogP contribution < -0.4 is 10.7 Å². The molecule has 1 aliphatic heterocycles. The largest absolute Gasteiger partial charge is 0.325 e. The highest BCUT2D eigenvalue weighted by atomic mass is 32.2. The molecule has 0 aliphatic carbocycles. The zero-order valence-corrected chi connectivity index (χ0v) is 19.6. The fourth-order valence-electron chi connectivity index (χ4n) is 4.01. The molecule has 0 spiro atoms. The summed E-state index contributed by atoms with van der Waals surface area (Å²) in [6.45, 7) is 6.11. The van der Waals surface area contributed by atoms with Gasteiger partial charge in [-0.05, 0) is 38.0 Å². The topological polar surface area (TPSA) is 71.8 Å². The van der Waals surface area contributed by atoms with E-state index in [-0.39, 0.29) is 11.9 Å². The van der Waals surface area contributed by atoms with Gasteiger partial charge in [0.1, 0.15) is 5.25 Å². The third-order valence-electron chi connectivity index (χ3n) is 5.80. The smallest absolute Gasteiger partial charge is 0.240 e. The maximum atomic E-state index is 13.5. The molecular weight excluding hydrogens is 430 g/mol. The fraction of sp³-hybridized carbons (Fsp3) is 0.192. The van der Waals surface area contributed by atoms with E-state index in [1.807, 2.05) is 61.0 Å². The van der Waals surface area contributed by atoms with Crippen molar-refractivity contribution >= 4 is 23.4 Å². The number of nitrogens with one attached hydrogen (secondary N) is 2. The highest BCUT2D eigenvalue weighted by Gasteiger charge is 2.38. The molecule has 5 rings (SSSR count). The summed E-state index contributed by atoms with van der Waals surface area (Å²) >= 11 is 1.43. The van der Waals surface area contributed by atoms with Crippen molar-refractivity contribution < 1.29 is 4.79 Å². The number of carbonyl (C=O) groups excluding carboxylic acids is 1. The highest BCUT2D eigenvalue weighted by molar-refractivity contribution is 8.00. The third-order valence-corrected chi connectivity index (χ3v) is 7.02. The first-order valence-corrected chi connectivity index (χ1v) is 11.8. The number of carbonyl (C=O) groups is 1. The van der Waals surface area contributed by atoms with E-state index in [9.17, 15) is 4.79 Å². The van der Waals surface area contributed by atoms with Gasteiger partial charge in [-0.15, -0.1) is 10.2 Å². The average molecular weight is 456 g/mol. The molecule has 1 aromatic heterocycles. The van der Waals surface area contributed by atoms with Crippen molar-refractivity contribution in [3.63, 3.8) is 0 Å². The zero-order valence-electron chi connectivity index (χ0n) is 18.7. The van der Waals surface area contributed by atoms with Gasteiger partial charge in [0.15, 0.2) is 5.82 Å². The van der Waals surface area contributed by atoms with Gasteiger partial charge >= 0.3 is 0 Å². The van der Waals surface area contributed by atoms with Gasteiger partial charge in [-0.3, -0.25) is 4.79 Å². The number of fused-ring (bicyclic) bond motifs is 1. The van der Waals surface area contributed by atoms with E-state index in [0.29, 0.717) is 5.16 Å². The lowest BCUT2D eigenvalue weighted by molar-refractivity contribution is -0.116. The van der Waals surface area contributed by atoms with Crippen molar-refractivity contribution in [2.24, 2.45) is 0 Å². The van der Waals surface area contributed by atoms with Gasteiger partial charge in [-0.2, -0.15) is 0 Å². The molecule has 4 aromatic rings. The van der Waals surface area contributed by atoms with Crippen LogP contribution in [0.25, 0.3) is 11.4 Å². The molecule has 0 saturated heterocycles.